The Labute approximate surface area is 132 Å². The maximum absolute atomic E-state index is 12.1. The Hall–Kier alpha value is -3.34. The number of hydrogen-bond donors (Lipinski definition) is 1. The van der Waals surface area contributed by atoms with Crippen LogP contribution in [-0.2, 0) is 16.1 Å². The first-order chi connectivity index (χ1) is 11.0. The molecule has 0 saturated heterocycles. The fraction of sp³-hybridized carbons (Fsp3) is 0.200. The molecule has 1 unspecified atom stereocenters. The average Bonchev–Trinajstić information content (AvgIpc) is 2.59. The second-order valence-electron chi connectivity index (χ2n) is 4.73. The van der Waals surface area contributed by atoms with E-state index in [-0.39, 0.29) is 6.54 Å². The lowest BCUT2D eigenvalue weighted by Gasteiger charge is -2.26. The first-order valence-corrected chi connectivity index (χ1v) is 6.75. The molecule has 2 N–H and O–H groups in total. The van der Waals surface area contributed by atoms with Crippen LogP contribution < -0.4 is 5.73 Å². The van der Waals surface area contributed by atoms with Crippen LogP contribution in [0.4, 0.5) is 0 Å². The molecule has 2 aromatic heterocycles. The summed E-state index contributed by atoms with van der Waals surface area (Å²) in [7, 11) is 0. The van der Waals surface area contributed by atoms with Gasteiger partial charge in [-0.05, 0) is 25.1 Å². The van der Waals surface area contributed by atoms with Gasteiger partial charge in [-0.1, -0.05) is 0 Å². The number of primary amides is 1. The molecule has 0 aromatic carbocycles. The number of carbonyl (C=O) groups is 2. The van der Waals surface area contributed by atoms with Crippen molar-refractivity contribution in [2.75, 3.05) is 0 Å². The molecule has 23 heavy (non-hydrogen) atoms. The van der Waals surface area contributed by atoms with Crippen molar-refractivity contribution >= 4 is 11.8 Å². The van der Waals surface area contributed by atoms with Gasteiger partial charge in [-0.3, -0.25) is 14.6 Å². The maximum Gasteiger partial charge on any atom is 0.312 e. The molecular formula is C15H14N6O2. The van der Waals surface area contributed by atoms with Crippen LogP contribution in [-0.4, -0.2) is 31.7 Å². The van der Waals surface area contributed by atoms with Gasteiger partial charge in [0.15, 0.2) is 0 Å². The number of amides is 2. The number of nitrogens with two attached hydrogens (primary N) is 1. The van der Waals surface area contributed by atoms with E-state index in [9.17, 15) is 9.59 Å². The molecular weight excluding hydrogens is 296 g/mol. The molecule has 8 nitrogen and oxygen atoms in total. The van der Waals surface area contributed by atoms with Crippen LogP contribution in [0.25, 0.3) is 0 Å². The first kappa shape index (κ1) is 16.0. The topological polar surface area (TPSA) is 126 Å². The van der Waals surface area contributed by atoms with Gasteiger partial charge in [0, 0.05) is 18.6 Å². The quantitative estimate of drug-likeness (QED) is 0.810. The third kappa shape index (κ3) is 3.85. The highest BCUT2D eigenvalue weighted by atomic mass is 16.2. The predicted octanol–water partition coefficient (Wildman–Crippen LogP) is 0.318. The summed E-state index contributed by atoms with van der Waals surface area (Å²) in [5.41, 5.74) is 6.04. The minimum atomic E-state index is -1.07. The Kier molecular flexibility index (Phi) is 4.94. The number of pyridine rings is 1. The predicted molar refractivity (Wildman–Crippen MR) is 79.1 cm³/mol. The highest BCUT2D eigenvalue weighted by molar-refractivity contribution is 6.34. The lowest BCUT2D eigenvalue weighted by molar-refractivity contribution is -0.146. The van der Waals surface area contributed by atoms with Gasteiger partial charge in [-0.25, -0.2) is 9.97 Å². The van der Waals surface area contributed by atoms with Crippen molar-refractivity contribution < 1.29 is 9.59 Å². The summed E-state index contributed by atoms with van der Waals surface area (Å²) in [6.07, 6.45) is 4.49. The molecule has 2 heterocycles. The Morgan fingerprint density at radius 1 is 1.30 bits per heavy atom. The third-order valence-electron chi connectivity index (χ3n) is 3.18. The van der Waals surface area contributed by atoms with Crippen molar-refractivity contribution in [1.29, 1.82) is 5.26 Å². The van der Waals surface area contributed by atoms with Gasteiger partial charge >= 0.3 is 11.8 Å². The number of rotatable bonds is 4. The van der Waals surface area contributed by atoms with Crippen LogP contribution >= 0.6 is 0 Å². The van der Waals surface area contributed by atoms with E-state index in [1.54, 1.807) is 37.5 Å². The zero-order chi connectivity index (χ0) is 16.8. The minimum absolute atomic E-state index is 0.0485. The summed E-state index contributed by atoms with van der Waals surface area (Å²) >= 11 is 0. The molecule has 8 heteroatoms. The van der Waals surface area contributed by atoms with Crippen molar-refractivity contribution in [3.8, 4) is 6.07 Å². The summed E-state index contributed by atoms with van der Waals surface area (Å²) in [6.45, 7) is 1.74. The number of aromatic nitrogens is 3. The van der Waals surface area contributed by atoms with Gasteiger partial charge in [0.05, 0.1) is 23.8 Å². The van der Waals surface area contributed by atoms with E-state index >= 15 is 0 Å². The number of hydrogen-bond acceptors (Lipinski definition) is 6. The molecule has 0 fully saturated rings. The van der Waals surface area contributed by atoms with E-state index in [0.29, 0.717) is 17.1 Å². The summed E-state index contributed by atoms with van der Waals surface area (Å²) in [5, 5.41) is 8.78. The van der Waals surface area contributed by atoms with Gasteiger partial charge in [0.25, 0.3) is 0 Å². The van der Waals surface area contributed by atoms with E-state index in [0.717, 1.165) is 0 Å². The summed E-state index contributed by atoms with van der Waals surface area (Å²) in [6, 6.07) is 6.24. The van der Waals surface area contributed by atoms with Crippen LogP contribution in [0.15, 0.2) is 36.8 Å². The normalized spacial score (nSPS) is 11.3. The largest absolute Gasteiger partial charge is 0.361 e. The second-order valence-corrected chi connectivity index (χ2v) is 4.73. The molecule has 116 valence electrons. The number of carbonyl (C=O) groups excluding carboxylic acids is 2. The zero-order valence-corrected chi connectivity index (χ0v) is 12.4. The average molecular weight is 310 g/mol. The lowest BCUT2D eigenvalue weighted by atomic mass is 10.2. The molecule has 1 atom stereocenters. The molecule has 2 amide bonds. The third-order valence-corrected chi connectivity index (χ3v) is 3.18. The van der Waals surface area contributed by atoms with E-state index in [1.165, 1.54) is 11.1 Å². The SMILES string of the molecule is CC(c1ncccn1)N(Cc1ccc(C#N)cn1)C(=O)C(N)=O. The Bertz CT molecular complexity index is 739. The lowest BCUT2D eigenvalue weighted by Crippen LogP contribution is -2.41. The van der Waals surface area contributed by atoms with Gasteiger partial charge in [0.2, 0.25) is 0 Å². The van der Waals surface area contributed by atoms with E-state index < -0.39 is 17.9 Å². The zero-order valence-electron chi connectivity index (χ0n) is 12.4. The highest BCUT2D eigenvalue weighted by Gasteiger charge is 2.27. The standard InChI is InChI=1S/C15H14N6O2/c1-10(14-18-5-2-6-19-14)21(15(23)13(17)22)9-12-4-3-11(7-16)8-20-12/h2-6,8,10H,9H2,1H3,(H2,17,22). The summed E-state index contributed by atoms with van der Waals surface area (Å²) in [4.78, 5) is 36.9. The van der Waals surface area contributed by atoms with Crippen molar-refractivity contribution in [3.63, 3.8) is 0 Å². The van der Waals surface area contributed by atoms with Crippen molar-refractivity contribution in [2.24, 2.45) is 5.73 Å². The summed E-state index contributed by atoms with van der Waals surface area (Å²) in [5.74, 6) is -1.53. The van der Waals surface area contributed by atoms with Crippen molar-refractivity contribution in [1.82, 2.24) is 19.9 Å². The monoisotopic (exact) mass is 310 g/mol. The van der Waals surface area contributed by atoms with Crippen molar-refractivity contribution in [2.45, 2.75) is 19.5 Å². The highest BCUT2D eigenvalue weighted by Crippen LogP contribution is 2.18. The van der Waals surface area contributed by atoms with Gasteiger partial charge in [0.1, 0.15) is 11.9 Å². The molecule has 2 aromatic rings. The van der Waals surface area contributed by atoms with Crippen LogP contribution in [0.1, 0.15) is 30.0 Å². The van der Waals surface area contributed by atoms with Crippen molar-refractivity contribution in [3.05, 3.63) is 53.9 Å². The Morgan fingerprint density at radius 2 is 2.00 bits per heavy atom. The van der Waals surface area contributed by atoms with E-state index in [1.807, 2.05) is 6.07 Å². The Balaban J connectivity index is 2.28. The molecule has 2 rings (SSSR count). The smallest absolute Gasteiger partial charge is 0.312 e. The van der Waals surface area contributed by atoms with E-state index in [2.05, 4.69) is 15.0 Å². The molecule has 0 aliphatic heterocycles. The van der Waals surface area contributed by atoms with Crippen LogP contribution in [0, 0.1) is 11.3 Å². The molecule has 0 radical (unpaired) electrons. The molecule has 0 saturated carbocycles. The molecule has 0 spiro atoms. The van der Waals surface area contributed by atoms with Crippen LogP contribution in [0.5, 0.6) is 0 Å². The fourth-order valence-corrected chi connectivity index (χ4v) is 1.95. The second kappa shape index (κ2) is 7.09. The Morgan fingerprint density at radius 3 is 2.52 bits per heavy atom. The molecule has 0 aliphatic carbocycles. The van der Waals surface area contributed by atoms with Gasteiger partial charge in [-0.15, -0.1) is 0 Å². The van der Waals surface area contributed by atoms with Crippen LogP contribution in [0.3, 0.4) is 0 Å². The maximum atomic E-state index is 12.1. The minimum Gasteiger partial charge on any atom is -0.361 e. The first-order valence-electron chi connectivity index (χ1n) is 6.75. The van der Waals surface area contributed by atoms with Gasteiger partial charge in [-0.2, -0.15) is 5.26 Å². The van der Waals surface area contributed by atoms with Crippen LogP contribution in [0.2, 0.25) is 0 Å². The van der Waals surface area contributed by atoms with E-state index in [4.69, 9.17) is 11.0 Å². The molecule has 0 aliphatic rings. The fourth-order valence-electron chi connectivity index (χ4n) is 1.95. The number of nitriles is 1. The number of nitrogens with zero attached hydrogens (tertiary/aromatic N) is 5. The summed E-state index contributed by atoms with van der Waals surface area (Å²) < 4.78 is 0. The molecule has 0 bridgehead atoms. The van der Waals surface area contributed by atoms with Gasteiger partial charge < -0.3 is 10.6 Å².